The van der Waals surface area contributed by atoms with Crippen molar-refractivity contribution in [2.24, 2.45) is 0 Å². The molecular formula is C15H29N3O. The average molecular weight is 267 g/mol. The Balaban J connectivity index is 1.85. The van der Waals surface area contributed by atoms with Gasteiger partial charge in [-0.1, -0.05) is 19.3 Å². The van der Waals surface area contributed by atoms with Gasteiger partial charge in [-0.25, -0.2) is 4.79 Å². The summed E-state index contributed by atoms with van der Waals surface area (Å²) in [6.07, 6.45) is 8.69. The first-order chi connectivity index (χ1) is 9.31. The lowest BCUT2D eigenvalue weighted by Gasteiger charge is -2.33. The first kappa shape index (κ1) is 14.6. The molecule has 2 aliphatic heterocycles. The molecular weight excluding hydrogens is 238 g/mol. The first-order valence-corrected chi connectivity index (χ1v) is 8.08. The van der Waals surface area contributed by atoms with Crippen molar-refractivity contribution in [3.05, 3.63) is 0 Å². The van der Waals surface area contributed by atoms with Crippen molar-refractivity contribution in [3.8, 4) is 0 Å². The molecule has 2 heterocycles. The van der Waals surface area contributed by atoms with Gasteiger partial charge in [0.1, 0.15) is 0 Å². The maximum atomic E-state index is 12.6. The Bertz CT molecular complexity index is 269. The van der Waals surface area contributed by atoms with E-state index in [-0.39, 0.29) is 6.03 Å². The SMILES string of the molecule is CCN(CC1CCCCN1)C(=O)N1CCCCCC1. The molecule has 0 bridgehead atoms. The zero-order chi connectivity index (χ0) is 13.5. The molecule has 4 nitrogen and oxygen atoms in total. The van der Waals surface area contributed by atoms with E-state index in [0.717, 1.165) is 32.7 Å². The van der Waals surface area contributed by atoms with E-state index in [1.54, 1.807) is 0 Å². The van der Waals surface area contributed by atoms with E-state index in [1.165, 1.54) is 44.9 Å². The number of carbonyl (C=O) groups excluding carboxylic acids is 1. The Hall–Kier alpha value is -0.770. The van der Waals surface area contributed by atoms with Gasteiger partial charge in [-0.3, -0.25) is 0 Å². The number of rotatable bonds is 3. The van der Waals surface area contributed by atoms with E-state index in [0.29, 0.717) is 6.04 Å². The summed E-state index contributed by atoms with van der Waals surface area (Å²) in [5.74, 6) is 0. The fourth-order valence-electron chi connectivity index (χ4n) is 3.15. The van der Waals surface area contributed by atoms with Crippen molar-refractivity contribution in [1.29, 1.82) is 0 Å². The van der Waals surface area contributed by atoms with Crippen LogP contribution >= 0.6 is 0 Å². The highest BCUT2D eigenvalue weighted by Crippen LogP contribution is 2.14. The Morgan fingerprint density at radius 2 is 1.89 bits per heavy atom. The van der Waals surface area contributed by atoms with Crippen molar-refractivity contribution in [2.45, 2.75) is 57.9 Å². The maximum absolute atomic E-state index is 12.6. The zero-order valence-electron chi connectivity index (χ0n) is 12.4. The van der Waals surface area contributed by atoms with Crippen LogP contribution in [0.2, 0.25) is 0 Å². The lowest BCUT2D eigenvalue weighted by molar-refractivity contribution is 0.148. The molecule has 4 heteroatoms. The summed E-state index contributed by atoms with van der Waals surface area (Å²) in [4.78, 5) is 16.7. The molecule has 110 valence electrons. The van der Waals surface area contributed by atoms with Crippen LogP contribution in [-0.4, -0.2) is 54.6 Å². The van der Waals surface area contributed by atoms with Crippen LogP contribution in [0.15, 0.2) is 0 Å². The third-order valence-corrected chi connectivity index (χ3v) is 4.38. The van der Waals surface area contributed by atoms with Crippen LogP contribution in [0.1, 0.15) is 51.9 Å². The van der Waals surface area contributed by atoms with Crippen LogP contribution in [0.3, 0.4) is 0 Å². The van der Waals surface area contributed by atoms with Crippen LogP contribution in [-0.2, 0) is 0 Å². The molecule has 2 aliphatic rings. The molecule has 0 aromatic carbocycles. The quantitative estimate of drug-likeness (QED) is 0.852. The molecule has 2 rings (SSSR count). The van der Waals surface area contributed by atoms with Crippen molar-refractivity contribution >= 4 is 6.03 Å². The van der Waals surface area contributed by atoms with E-state index < -0.39 is 0 Å². The van der Waals surface area contributed by atoms with Crippen LogP contribution in [0.5, 0.6) is 0 Å². The molecule has 19 heavy (non-hydrogen) atoms. The molecule has 0 saturated carbocycles. The minimum absolute atomic E-state index is 0.261. The number of nitrogens with zero attached hydrogens (tertiary/aromatic N) is 2. The zero-order valence-corrected chi connectivity index (χ0v) is 12.4. The number of amides is 2. The molecule has 1 N–H and O–H groups in total. The standard InChI is InChI=1S/C15H29N3O/c1-2-17(13-14-9-5-6-10-16-14)15(19)18-11-7-3-4-8-12-18/h14,16H,2-13H2,1H3. The second kappa shape index (κ2) is 7.73. The predicted octanol–water partition coefficient (Wildman–Crippen LogP) is 2.45. The summed E-state index contributed by atoms with van der Waals surface area (Å²) in [5.41, 5.74) is 0. The Labute approximate surface area is 117 Å². The molecule has 0 spiro atoms. The molecule has 2 amide bonds. The molecule has 2 saturated heterocycles. The fourth-order valence-corrected chi connectivity index (χ4v) is 3.15. The molecule has 0 aromatic heterocycles. The monoisotopic (exact) mass is 267 g/mol. The van der Waals surface area contributed by atoms with E-state index in [4.69, 9.17) is 0 Å². The number of carbonyl (C=O) groups is 1. The van der Waals surface area contributed by atoms with Gasteiger partial charge in [-0.15, -0.1) is 0 Å². The van der Waals surface area contributed by atoms with E-state index in [1.807, 2.05) is 4.90 Å². The molecule has 1 unspecified atom stereocenters. The molecule has 0 aliphatic carbocycles. The van der Waals surface area contributed by atoms with Gasteiger partial charge in [0.2, 0.25) is 0 Å². The largest absolute Gasteiger partial charge is 0.325 e. The summed E-state index contributed by atoms with van der Waals surface area (Å²) < 4.78 is 0. The summed E-state index contributed by atoms with van der Waals surface area (Å²) in [5, 5.41) is 3.54. The number of hydrogen-bond donors (Lipinski definition) is 1. The summed E-state index contributed by atoms with van der Waals surface area (Å²) in [6.45, 7) is 6.82. The smallest absolute Gasteiger partial charge is 0.320 e. The number of likely N-dealkylation sites (tertiary alicyclic amines) is 1. The lowest BCUT2D eigenvalue weighted by Crippen LogP contribution is -2.50. The predicted molar refractivity (Wildman–Crippen MR) is 78.3 cm³/mol. The van der Waals surface area contributed by atoms with Crippen molar-refractivity contribution < 1.29 is 4.79 Å². The average Bonchev–Trinajstić information content (AvgIpc) is 2.74. The number of nitrogens with one attached hydrogen (secondary N) is 1. The third kappa shape index (κ3) is 4.37. The third-order valence-electron chi connectivity index (χ3n) is 4.38. The minimum atomic E-state index is 0.261. The minimum Gasteiger partial charge on any atom is -0.325 e. The van der Waals surface area contributed by atoms with Gasteiger partial charge in [0, 0.05) is 32.2 Å². The van der Waals surface area contributed by atoms with Gasteiger partial charge in [0.25, 0.3) is 0 Å². The van der Waals surface area contributed by atoms with Crippen LogP contribution in [0.4, 0.5) is 4.79 Å². The Morgan fingerprint density at radius 3 is 2.47 bits per heavy atom. The lowest BCUT2D eigenvalue weighted by atomic mass is 10.0. The topological polar surface area (TPSA) is 35.6 Å². The molecule has 2 fully saturated rings. The first-order valence-electron chi connectivity index (χ1n) is 8.08. The van der Waals surface area contributed by atoms with Gasteiger partial charge in [-0.05, 0) is 39.2 Å². The second-order valence-corrected chi connectivity index (χ2v) is 5.87. The fraction of sp³-hybridized carbons (Fsp3) is 0.933. The normalized spacial score (nSPS) is 24.9. The van der Waals surface area contributed by atoms with E-state index in [9.17, 15) is 4.79 Å². The van der Waals surface area contributed by atoms with Crippen LogP contribution in [0, 0.1) is 0 Å². The summed E-state index contributed by atoms with van der Waals surface area (Å²) in [6, 6.07) is 0.765. The summed E-state index contributed by atoms with van der Waals surface area (Å²) >= 11 is 0. The van der Waals surface area contributed by atoms with Gasteiger partial charge >= 0.3 is 6.03 Å². The van der Waals surface area contributed by atoms with Crippen molar-refractivity contribution in [2.75, 3.05) is 32.7 Å². The van der Waals surface area contributed by atoms with Crippen molar-refractivity contribution in [1.82, 2.24) is 15.1 Å². The second-order valence-electron chi connectivity index (χ2n) is 5.87. The molecule has 0 aromatic rings. The Morgan fingerprint density at radius 1 is 1.16 bits per heavy atom. The van der Waals surface area contributed by atoms with Crippen LogP contribution in [0.25, 0.3) is 0 Å². The highest BCUT2D eigenvalue weighted by Gasteiger charge is 2.23. The number of hydrogen-bond acceptors (Lipinski definition) is 2. The van der Waals surface area contributed by atoms with Crippen molar-refractivity contribution in [3.63, 3.8) is 0 Å². The van der Waals surface area contributed by atoms with Gasteiger partial charge in [0.05, 0.1) is 0 Å². The van der Waals surface area contributed by atoms with Gasteiger partial charge in [-0.2, -0.15) is 0 Å². The van der Waals surface area contributed by atoms with E-state index in [2.05, 4.69) is 17.1 Å². The van der Waals surface area contributed by atoms with Gasteiger partial charge < -0.3 is 15.1 Å². The van der Waals surface area contributed by atoms with E-state index >= 15 is 0 Å². The highest BCUT2D eigenvalue weighted by atomic mass is 16.2. The Kier molecular flexibility index (Phi) is 5.95. The maximum Gasteiger partial charge on any atom is 0.320 e. The molecule has 0 radical (unpaired) electrons. The van der Waals surface area contributed by atoms with Crippen LogP contribution < -0.4 is 5.32 Å². The van der Waals surface area contributed by atoms with Gasteiger partial charge in [0.15, 0.2) is 0 Å². The number of urea groups is 1. The number of likely N-dealkylation sites (N-methyl/N-ethyl adjacent to an activating group) is 1. The summed E-state index contributed by atoms with van der Waals surface area (Å²) in [7, 11) is 0. The number of piperidine rings is 1. The highest BCUT2D eigenvalue weighted by molar-refractivity contribution is 5.74. The molecule has 1 atom stereocenters.